The van der Waals surface area contributed by atoms with Crippen LogP contribution in [0.1, 0.15) is 64.7 Å². The van der Waals surface area contributed by atoms with Gasteiger partial charge in [0.25, 0.3) is 0 Å². The van der Waals surface area contributed by atoms with Gasteiger partial charge < -0.3 is 15.3 Å². The fourth-order valence-corrected chi connectivity index (χ4v) is 4.28. The van der Waals surface area contributed by atoms with E-state index in [1.165, 1.54) is 0 Å². The third-order valence-corrected chi connectivity index (χ3v) is 5.66. The van der Waals surface area contributed by atoms with Gasteiger partial charge in [0.2, 0.25) is 0 Å². The van der Waals surface area contributed by atoms with Crippen LogP contribution in [0.2, 0.25) is 0 Å². The fraction of sp³-hybridized carbons (Fsp3) is 0.714. The molecule has 1 unspecified atom stereocenters. The highest BCUT2D eigenvalue weighted by molar-refractivity contribution is 6.00. The lowest BCUT2D eigenvalue weighted by Crippen LogP contribution is -2.23. The van der Waals surface area contributed by atoms with E-state index in [4.69, 9.17) is 5.11 Å². The number of Topliss-reactive ketones (excluding diaryl/α,β-unsaturated/α-hetero) is 1. The predicted molar refractivity (Wildman–Crippen MR) is 99.6 cm³/mol. The molecule has 0 radical (unpaired) electrons. The number of carbonyl (C=O) groups excluding carboxylic acids is 1. The maximum atomic E-state index is 12.7. The third kappa shape index (κ3) is 5.52. The van der Waals surface area contributed by atoms with Crippen LogP contribution in [0.5, 0.6) is 0 Å². The van der Waals surface area contributed by atoms with Crippen molar-refractivity contribution >= 4 is 11.8 Å². The zero-order valence-corrected chi connectivity index (χ0v) is 15.6. The molecule has 0 aromatic heterocycles. The van der Waals surface area contributed by atoms with Crippen LogP contribution in [0.15, 0.2) is 23.8 Å². The van der Waals surface area contributed by atoms with Gasteiger partial charge in [0.15, 0.2) is 5.78 Å². The van der Waals surface area contributed by atoms with Gasteiger partial charge in [-0.3, -0.25) is 9.59 Å². The summed E-state index contributed by atoms with van der Waals surface area (Å²) in [6, 6.07) is 0. The molecule has 146 valence electrons. The number of aliphatic hydroxyl groups is 2. The van der Waals surface area contributed by atoms with E-state index >= 15 is 0 Å². The number of ketones is 1. The Kier molecular flexibility index (Phi) is 8.04. The number of carboxylic acid groups (broad SMARTS) is 1. The summed E-state index contributed by atoms with van der Waals surface area (Å²) in [7, 11) is 0. The van der Waals surface area contributed by atoms with Gasteiger partial charge in [0.05, 0.1) is 12.2 Å². The normalized spacial score (nSPS) is 31.0. The van der Waals surface area contributed by atoms with Crippen LogP contribution in [-0.2, 0) is 9.59 Å². The molecule has 2 rings (SSSR count). The minimum Gasteiger partial charge on any atom is -0.481 e. The van der Waals surface area contributed by atoms with E-state index in [2.05, 4.69) is 6.92 Å². The number of aliphatic hydroxyl groups excluding tert-OH is 2. The molecule has 5 atom stereocenters. The molecule has 0 saturated heterocycles. The molecule has 2 aliphatic carbocycles. The average Bonchev–Trinajstić information content (AvgIpc) is 3.05. The Labute approximate surface area is 155 Å². The molecule has 5 heteroatoms. The van der Waals surface area contributed by atoms with E-state index in [1.54, 1.807) is 6.08 Å². The first kappa shape index (κ1) is 20.8. The summed E-state index contributed by atoms with van der Waals surface area (Å²) in [5.74, 6) is -0.982. The number of carboxylic acids is 1. The maximum Gasteiger partial charge on any atom is 0.303 e. The summed E-state index contributed by atoms with van der Waals surface area (Å²) in [5.41, 5.74) is 0.791. The Bertz CT molecular complexity index is 551. The first-order valence-electron chi connectivity index (χ1n) is 9.93. The van der Waals surface area contributed by atoms with Crippen LogP contribution in [0, 0.1) is 17.8 Å². The quantitative estimate of drug-likeness (QED) is 0.314. The van der Waals surface area contributed by atoms with Gasteiger partial charge in [-0.1, -0.05) is 44.4 Å². The number of hydrogen-bond acceptors (Lipinski definition) is 4. The molecular weight excluding hydrogens is 332 g/mol. The molecule has 0 heterocycles. The highest BCUT2D eigenvalue weighted by Gasteiger charge is 2.50. The van der Waals surface area contributed by atoms with Crippen LogP contribution < -0.4 is 0 Å². The predicted octanol–water partition coefficient (Wildman–Crippen LogP) is 3.25. The van der Waals surface area contributed by atoms with Gasteiger partial charge in [-0.05, 0) is 43.6 Å². The van der Waals surface area contributed by atoms with Crippen molar-refractivity contribution in [1.29, 1.82) is 0 Å². The van der Waals surface area contributed by atoms with Gasteiger partial charge in [-0.25, -0.2) is 0 Å². The molecule has 0 amide bonds. The molecule has 2 fully saturated rings. The van der Waals surface area contributed by atoms with Crippen LogP contribution in [0.4, 0.5) is 0 Å². The first-order chi connectivity index (χ1) is 12.4. The van der Waals surface area contributed by atoms with Crippen LogP contribution in [0.25, 0.3) is 0 Å². The number of aliphatic carboxylic acids is 1. The van der Waals surface area contributed by atoms with Crippen molar-refractivity contribution in [2.75, 3.05) is 0 Å². The van der Waals surface area contributed by atoms with E-state index in [0.29, 0.717) is 32.1 Å². The highest BCUT2D eigenvalue weighted by atomic mass is 16.4. The Morgan fingerprint density at radius 1 is 1.31 bits per heavy atom. The first-order valence-corrected chi connectivity index (χ1v) is 9.93. The van der Waals surface area contributed by atoms with E-state index in [9.17, 15) is 19.8 Å². The maximum absolute atomic E-state index is 12.7. The van der Waals surface area contributed by atoms with Crippen molar-refractivity contribution in [2.24, 2.45) is 17.8 Å². The molecule has 2 aliphatic rings. The molecule has 0 aliphatic heterocycles. The molecule has 3 N–H and O–H groups in total. The zero-order valence-electron chi connectivity index (χ0n) is 15.6. The van der Waals surface area contributed by atoms with Crippen LogP contribution in [-0.4, -0.2) is 39.3 Å². The number of carbonyl (C=O) groups is 2. The molecule has 26 heavy (non-hydrogen) atoms. The van der Waals surface area contributed by atoms with E-state index in [0.717, 1.165) is 24.8 Å². The van der Waals surface area contributed by atoms with Gasteiger partial charge >= 0.3 is 5.97 Å². The zero-order chi connectivity index (χ0) is 19.1. The van der Waals surface area contributed by atoms with Crippen molar-refractivity contribution in [1.82, 2.24) is 0 Å². The van der Waals surface area contributed by atoms with Crippen molar-refractivity contribution in [3.8, 4) is 0 Å². The summed E-state index contributed by atoms with van der Waals surface area (Å²) in [4.78, 5) is 23.3. The summed E-state index contributed by atoms with van der Waals surface area (Å²) in [5, 5.41) is 29.1. The molecule has 0 bridgehead atoms. The van der Waals surface area contributed by atoms with E-state index in [1.807, 2.05) is 12.2 Å². The van der Waals surface area contributed by atoms with Gasteiger partial charge in [0.1, 0.15) is 0 Å². The summed E-state index contributed by atoms with van der Waals surface area (Å²) < 4.78 is 0. The molecule has 2 saturated carbocycles. The smallest absolute Gasteiger partial charge is 0.303 e. The second kappa shape index (κ2) is 10.0. The Morgan fingerprint density at radius 2 is 2.08 bits per heavy atom. The lowest BCUT2D eigenvalue weighted by atomic mass is 9.89. The number of unbranched alkanes of at least 4 members (excludes halogenated alkanes) is 3. The van der Waals surface area contributed by atoms with Crippen molar-refractivity contribution in [2.45, 2.75) is 76.9 Å². The summed E-state index contributed by atoms with van der Waals surface area (Å²) in [6.45, 7) is 2.12. The second-order valence-electron chi connectivity index (χ2n) is 7.70. The monoisotopic (exact) mass is 364 g/mol. The minimum atomic E-state index is -0.816. The minimum absolute atomic E-state index is 0.0944. The van der Waals surface area contributed by atoms with Gasteiger partial charge in [-0.2, -0.15) is 0 Å². The van der Waals surface area contributed by atoms with Gasteiger partial charge in [-0.15, -0.1) is 0 Å². The number of rotatable bonds is 10. The van der Waals surface area contributed by atoms with Gasteiger partial charge in [0, 0.05) is 18.3 Å². The number of fused-ring (bicyclic) bond motifs is 1. The molecular formula is C21H32O5. The lowest BCUT2D eigenvalue weighted by Gasteiger charge is -2.17. The van der Waals surface area contributed by atoms with Crippen molar-refractivity contribution in [3.05, 3.63) is 23.8 Å². The van der Waals surface area contributed by atoms with Crippen LogP contribution >= 0.6 is 0 Å². The topological polar surface area (TPSA) is 94.8 Å². The van der Waals surface area contributed by atoms with Crippen molar-refractivity contribution < 1.29 is 24.9 Å². The van der Waals surface area contributed by atoms with Crippen molar-refractivity contribution in [3.63, 3.8) is 0 Å². The Hall–Kier alpha value is -1.46. The number of allylic oxidation sites excluding steroid dienone is 2. The SMILES string of the molecule is CCCCCC(O)C=C[C@@H]1[C@H]2C(=O)C(=CCCCC(=O)O)C[C@H]2C[C@H]1O. The average molecular weight is 364 g/mol. The van der Waals surface area contributed by atoms with E-state index < -0.39 is 18.2 Å². The summed E-state index contributed by atoms with van der Waals surface area (Å²) >= 11 is 0. The number of hydrogen-bond donors (Lipinski definition) is 3. The molecule has 0 aromatic rings. The lowest BCUT2D eigenvalue weighted by molar-refractivity contribution is -0.137. The Balaban J connectivity index is 1.93. The van der Waals surface area contributed by atoms with Crippen LogP contribution in [0.3, 0.4) is 0 Å². The molecule has 0 aromatic carbocycles. The van der Waals surface area contributed by atoms with E-state index in [-0.39, 0.29) is 30.0 Å². The third-order valence-electron chi connectivity index (χ3n) is 5.66. The molecule has 0 spiro atoms. The largest absolute Gasteiger partial charge is 0.481 e. The standard InChI is InChI=1S/C21H32O5/c1-2-3-4-8-16(22)10-11-17-18(23)13-15-12-14(21(26)20(15)17)7-5-6-9-19(24)25/h7,10-11,15-18,20,22-23H,2-6,8-9,12-13H2,1H3,(H,24,25)/t15-,16?,17-,18+,20-/m0/s1. The summed E-state index contributed by atoms with van der Waals surface area (Å²) in [6.07, 6.45) is 10.9. The Morgan fingerprint density at radius 3 is 2.77 bits per heavy atom. The molecule has 5 nitrogen and oxygen atoms in total. The highest BCUT2D eigenvalue weighted by Crippen LogP contribution is 2.48. The second-order valence-corrected chi connectivity index (χ2v) is 7.70. The fourth-order valence-electron chi connectivity index (χ4n) is 4.28.